The fraction of sp³-hybridized carbons (Fsp3) is 0.0345. The standard InChI is InChI=1S/C29H19ClN4O5/c1-38-22-9-5-8-16-12-17-13-20(29(37)39-28(17)32-24(16)22)26(35)33-34-27(36)25-23(15-6-3-2-4-7-15)19-14-18(30)10-11-21(19)31-25/h2-14,31H,1H3,(H,33,35)(H,34,36). The number of hydrazine groups is 1. The minimum atomic E-state index is -0.902. The average molecular weight is 539 g/mol. The third-order valence-corrected chi connectivity index (χ3v) is 6.55. The molecule has 0 spiro atoms. The molecule has 0 radical (unpaired) electrons. The molecule has 0 aliphatic rings. The van der Waals surface area contributed by atoms with Crippen molar-refractivity contribution in [2.75, 3.05) is 7.11 Å². The van der Waals surface area contributed by atoms with Gasteiger partial charge in [-0.15, -0.1) is 0 Å². The Morgan fingerprint density at radius 1 is 0.923 bits per heavy atom. The third-order valence-electron chi connectivity index (χ3n) is 6.31. The summed E-state index contributed by atoms with van der Waals surface area (Å²) in [5.41, 5.74) is 6.40. The number of para-hydroxylation sites is 1. The molecule has 9 nitrogen and oxygen atoms in total. The lowest BCUT2D eigenvalue weighted by molar-refractivity contribution is 0.0842. The van der Waals surface area contributed by atoms with Crippen molar-refractivity contribution >= 4 is 56.3 Å². The number of hydrogen-bond donors (Lipinski definition) is 3. The number of amides is 2. The van der Waals surface area contributed by atoms with Crippen LogP contribution < -0.4 is 21.2 Å². The van der Waals surface area contributed by atoms with Crippen molar-refractivity contribution in [2.24, 2.45) is 0 Å². The molecule has 10 heteroatoms. The Morgan fingerprint density at radius 3 is 2.51 bits per heavy atom. The van der Waals surface area contributed by atoms with Crippen molar-refractivity contribution < 1.29 is 18.7 Å². The van der Waals surface area contributed by atoms with Gasteiger partial charge in [0.1, 0.15) is 22.5 Å². The predicted octanol–water partition coefficient (Wildman–Crippen LogP) is 5.23. The molecule has 192 valence electrons. The number of halogens is 1. The first-order valence-corrected chi connectivity index (χ1v) is 12.2. The van der Waals surface area contributed by atoms with Crippen LogP contribution in [0, 0.1) is 0 Å². The second-order valence-corrected chi connectivity index (χ2v) is 9.14. The van der Waals surface area contributed by atoms with Gasteiger partial charge in [-0.2, -0.15) is 0 Å². The van der Waals surface area contributed by atoms with Gasteiger partial charge in [0, 0.05) is 32.3 Å². The van der Waals surface area contributed by atoms with E-state index in [9.17, 15) is 14.4 Å². The highest BCUT2D eigenvalue weighted by atomic mass is 35.5. The molecule has 39 heavy (non-hydrogen) atoms. The smallest absolute Gasteiger partial charge is 0.350 e. The molecule has 0 atom stereocenters. The third kappa shape index (κ3) is 4.34. The second kappa shape index (κ2) is 9.62. The van der Waals surface area contributed by atoms with Gasteiger partial charge in [0.05, 0.1) is 7.11 Å². The van der Waals surface area contributed by atoms with Crippen LogP contribution >= 0.6 is 11.6 Å². The maximum atomic E-state index is 13.2. The van der Waals surface area contributed by atoms with Gasteiger partial charge in [-0.1, -0.05) is 54.1 Å². The summed E-state index contributed by atoms with van der Waals surface area (Å²) in [6.07, 6.45) is 0. The molecule has 3 aromatic carbocycles. The van der Waals surface area contributed by atoms with Crippen LogP contribution in [0.25, 0.3) is 44.0 Å². The summed E-state index contributed by atoms with van der Waals surface area (Å²) in [4.78, 5) is 46.3. The summed E-state index contributed by atoms with van der Waals surface area (Å²) >= 11 is 6.22. The molecule has 3 aromatic heterocycles. The Hall–Kier alpha value is -5.15. The average Bonchev–Trinajstić information content (AvgIpc) is 3.33. The number of pyridine rings is 1. The maximum Gasteiger partial charge on any atom is 0.350 e. The zero-order valence-corrected chi connectivity index (χ0v) is 21.1. The first-order chi connectivity index (χ1) is 18.9. The van der Waals surface area contributed by atoms with E-state index in [1.807, 2.05) is 36.4 Å². The van der Waals surface area contributed by atoms with Gasteiger partial charge in [-0.3, -0.25) is 20.4 Å². The number of fused-ring (bicyclic) bond motifs is 3. The fourth-order valence-corrected chi connectivity index (χ4v) is 4.69. The Labute approximate surface area is 225 Å². The zero-order valence-electron chi connectivity index (χ0n) is 20.4. The highest BCUT2D eigenvalue weighted by Crippen LogP contribution is 2.34. The molecule has 0 bridgehead atoms. The number of nitrogens with one attached hydrogen (secondary N) is 3. The van der Waals surface area contributed by atoms with E-state index in [-0.39, 0.29) is 17.0 Å². The summed E-state index contributed by atoms with van der Waals surface area (Å²) in [5.74, 6) is -0.930. The van der Waals surface area contributed by atoms with E-state index in [4.69, 9.17) is 20.8 Å². The number of nitrogens with zero attached hydrogens (tertiary/aromatic N) is 1. The Morgan fingerprint density at radius 2 is 1.72 bits per heavy atom. The topological polar surface area (TPSA) is 126 Å². The predicted molar refractivity (Wildman–Crippen MR) is 148 cm³/mol. The molecule has 0 aliphatic heterocycles. The summed E-state index contributed by atoms with van der Waals surface area (Å²) in [6, 6.07) is 23.0. The van der Waals surface area contributed by atoms with Crippen LogP contribution in [0.15, 0.2) is 88.1 Å². The van der Waals surface area contributed by atoms with Crippen LogP contribution in [0.3, 0.4) is 0 Å². The van der Waals surface area contributed by atoms with E-state index in [0.29, 0.717) is 32.8 Å². The molecule has 0 saturated heterocycles. The monoisotopic (exact) mass is 538 g/mol. The van der Waals surface area contributed by atoms with Gasteiger partial charge < -0.3 is 14.1 Å². The molecule has 0 saturated carbocycles. The summed E-state index contributed by atoms with van der Waals surface area (Å²) < 4.78 is 10.7. The molecular formula is C29H19ClN4O5. The van der Waals surface area contributed by atoms with Crippen molar-refractivity contribution in [3.63, 3.8) is 0 Å². The van der Waals surface area contributed by atoms with E-state index >= 15 is 0 Å². The SMILES string of the molecule is COc1cccc2cc3cc(C(=O)NNC(=O)c4[nH]c5ccc(Cl)cc5c4-c4ccccc4)c(=O)oc3nc12. The number of aromatic amines is 1. The van der Waals surface area contributed by atoms with Crippen LogP contribution in [0.2, 0.25) is 5.02 Å². The van der Waals surface area contributed by atoms with Crippen molar-refractivity contribution in [3.05, 3.63) is 106 Å². The molecule has 0 fully saturated rings. The van der Waals surface area contributed by atoms with E-state index in [1.54, 1.807) is 36.4 Å². The number of methoxy groups -OCH3 is 1. The molecule has 6 aromatic rings. The zero-order chi connectivity index (χ0) is 27.1. The van der Waals surface area contributed by atoms with Crippen LogP contribution in [-0.4, -0.2) is 28.9 Å². The second-order valence-electron chi connectivity index (χ2n) is 8.70. The molecule has 3 heterocycles. The van der Waals surface area contributed by atoms with Crippen molar-refractivity contribution in [3.8, 4) is 16.9 Å². The number of carbonyl (C=O) groups is 2. The number of carbonyl (C=O) groups excluding carboxylic acids is 2. The number of hydrogen-bond acceptors (Lipinski definition) is 6. The van der Waals surface area contributed by atoms with Crippen molar-refractivity contribution in [2.45, 2.75) is 0 Å². The van der Waals surface area contributed by atoms with Crippen LogP contribution in [-0.2, 0) is 0 Å². The number of aromatic nitrogens is 2. The highest BCUT2D eigenvalue weighted by Gasteiger charge is 2.21. The van der Waals surface area contributed by atoms with E-state index < -0.39 is 17.4 Å². The molecule has 0 aliphatic carbocycles. The fourth-order valence-electron chi connectivity index (χ4n) is 4.52. The number of H-pyrrole nitrogens is 1. The highest BCUT2D eigenvalue weighted by molar-refractivity contribution is 6.31. The lowest BCUT2D eigenvalue weighted by Crippen LogP contribution is -2.43. The first-order valence-electron chi connectivity index (χ1n) is 11.8. The molecule has 6 rings (SSSR count). The summed E-state index contributed by atoms with van der Waals surface area (Å²) in [7, 11) is 1.52. The molecule has 3 N–H and O–H groups in total. The van der Waals surface area contributed by atoms with Crippen molar-refractivity contribution in [1.29, 1.82) is 0 Å². The number of ether oxygens (including phenoxy) is 1. The van der Waals surface area contributed by atoms with Crippen LogP contribution in [0.4, 0.5) is 0 Å². The van der Waals surface area contributed by atoms with E-state index in [2.05, 4.69) is 20.8 Å². The number of benzene rings is 3. The van der Waals surface area contributed by atoms with Crippen LogP contribution in [0.5, 0.6) is 5.75 Å². The van der Waals surface area contributed by atoms with Gasteiger partial charge in [0.2, 0.25) is 5.71 Å². The minimum Gasteiger partial charge on any atom is -0.494 e. The Bertz CT molecular complexity index is 1980. The quantitative estimate of drug-likeness (QED) is 0.208. The van der Waals surface area contributed by atoms with E-state index in [1.165, 1.54) is 13.2 Å². The number of rotatable bonds is 4. The Balaban J connectivity index is 1.31. The largest absolute Gasteiger partial charge is 0.494 e. The minimum absolute atomic E-state index is 0.0572. The summed E-state index contributed by atoms with van der Waals surface area (Å²) in [6.45, 7) is 0. The van der Waals surface area contributed by atoms with Gasteiger partial charge in [-0.05, 0) is 42.0 Å². The van der Waals surface area contributed by atoms with Crippen molar-refractivity contribution in [1.82, 2.24) is 20.8 Å². The normalized spacial score (nSPS) is 11.1. The maximum absolute atomic E-state index is 13.2. The van der Waals surface area contributed by atoms with Gasteiger partial charge in [0.15, 0.2) is 0 Å². The van der Waals surface area contributed by atoms with Gasteiger partial charge in [0.25, 0.3) is 11.8 Å². The Kier molecular flexibility index (Phi) is 5.97. The molecule has 2 amide bonds. The van der Waals surface area contributed by atoms with E-state index in [0.717, 1.165) is 16.3 Å². The lowest BCUT2D eigenvalue weighted by Gasteiger charge is -2.09. The molecular weight excluding hydrogens is 520 g/mol. The summed E-state index contributed by atoms with van der Waals surface area (Å²) in [5, 5.41) is 2.44. The van der Waals surface area contributed by atoms with Gasteiger partial charge in [-0.25, -0.2) is 9.78 Å². The lowest BCUT2D eigenvalue weighted by atomic mass is 10.0. The first kappa shape index (κ1) is 24.2. The van der Waals surface area contributed by atoms with Crippen LogP contribution in [0.1, 0.15) is 20.8 Å². The van der Waals surface area contributed by atoms with Gasteiger partial charge >= 0.3 is 5.63 Å². The molecule has 0 unspecified atom stereocenters.